The second-order valence-electron chi connectivity index (χ2n) is 8.30. The number of rotatable bonds is 7. The van der Waals surface area contributed by atoms with Gasteiger partial charge in [0.25, 0.3) is 5.91 Å². The maximum absolute atomic E-state index is 13.1. The summed E-state index contributed by atoms with van der Waals surface area (Å²) in [4.78, 5) is 25.1. The van der Waals surface area contributed by atoms with Crippen molar-refractivity contribution in [2.24, 2.45) is 5.73 Å². The van der Waals surface area contributed by atoms with Crippen LogP contribution in [-0.4, -0.2) is 22.9 Å². The molecule has 1 aliphatic carbocycles. The zero-order valence-corrected chi connectivity index (χ0v) is 18.5. The summed E-state index contributed by atoms with van der Waals surface area (Å²) in [5.41, 5.74) is 8.81. The lowest BCUT2D eigenvalue weighted by molar-refractivity contribution is 0.0913. The molecule has 1 aromatic heterocycles. The summed E-state index contributed by atoms with van der Waals surface area (Å²) in [5, 5.41) is 3.11. The topological polar surface area (TPSA) is 74.3 Å². The summed E-state index contributed by atoms with van der Waals surface area (Å²) >= 11 is 6.06. The van der Waals surface area contributed by atoms with Crippen LogP contribution in [0, 0.1) is 0 Å². The Kier molecular flexibility index (Phi) is 5.14. The van der Waals surface area contributed by atoms with Gasteiger partial charge in [0, 0.05) is 34.2 Å². The number of nitrogens with zero attached hydrogens (tertiary/aromatic N) is 1. The largest absolute Gasteiger partial charge is 0.485 e. The lowest BCUT2D eigenvalue weighted by atomic mass is 10.0. The molecule has 0 atom stereocenters. The van der Waals surface area contributed by atoms with Gasteiger partial charge in [0.1, 0.15) is 5.75 Å². The molecule has 0 saturated heterocycles. The van der Waals surface area contributed by atoms with E-state index in [1.165, 1.54) is 18.4 Å². The molecule has 0 aliphatic heterocycles. The average molecular weight is 447 g/mol. The van der Waals surface area contributed by atoms with Crippen molar-refractivity contribution < 1.29 is 14.3 Å². The highest BCUT2D eigenvalue weighted by atomic mass is 35.5. The zero-order chi connectivity index (χ0) is 22.4. The number of carbonyl (C=O) groups excluding carboxylic acids is 2. The van der Waals surface area contributed by atoms with Crippen LogP contribution in [0.3, 0.4) is 0 Å². The molecule has 1 aliphatic rings. The van der Waals surface area contributed by atoms with Crippen LogP contribution in [0.2, 0.25) is 5.02 Å². The summed E-state index contributed by atoms with van der Waals surface area (Å²) in [6.45, 7) is 2.65. The minimum atomic E-state index is -0.621. The van der Waals surface area contributed by atoms with E-state index in [1.54, 1.807) is 24.3 Å². The number of Topliss-reactive ketones (excluding diaryl/α,β-unsaturated/α-hetero) is 1. The monoisotopic (exact) mass is 446 g/mol. The molecular weight excluding hydrogens is 424 g/mol. The van der Waals surface area contributed by atoms with Crippen LogP contribution in [0.1, 0.15) is 52.0 Å². The number of benzene rings is 3. The Morgan fingerprint density at radius 3 is 2.59 bits per heavy atom. The van der Waals surface area contributed by atoms with Gasteiger partial charge in [-0.3, -0.25) is 9.59 Å². The molecule has 0 unspecified atom stereocenters. The van der Waals surface area contributed by atoms with Crippen molar-refractivity contribution >= 4 is 45.0 Å². The highest BCUT2D eigenvalue weighted by molar-refractivity contribution is 6.31. The zero-order valence-electron chi connectivity index (χ0n) is 17.7. The molecule has 0 spiro atoms. The van der Waals surface area contributed by atoms with Crippen molar-refractivity contribution in [1.29, 1.82) is 0 Å². The first-order valence-electron chi connectivity index (χ1n) is 10.8. The number of hydrogen-bond acceptors (Lipinski definition) is 3. The van der Waals surface area contributed by atoms with Crippen molar-refractivity contribution in [2.75, 3.05) is 6.61 Å². The summed E-state index contributed by atoms with van der Waals surface area (Å²) in [6, 6.07) is 15.1. The summed E-state index contributed by atoms with van der Waals surface area (Å²) in [6.07, 6.45) is 4.36. The van der Waals surface area contributed by atoms with Gasteiger partial charge in [-0.1, -0.05) is 29.8 Å². The predicted octanol–water partition coefficient (Wildman–Crippen LogP) is 5.71. The third-order valence-electron chi connectivity index (χ3n) is 6.12. The van der Waals surface area contributed by atoms with Crippen LogP contribution >= 0.6 is 11.6 Å². The molecule has 162 valence electrons. The number of primary amides is 1. The molecule has 5 rings (SSSR count). The third kappa shape index (κ3) is 3.73. The molecule has 2 N–H and O–H groups in total. The van der Waals surface area contributed by atoms with Crippen molar-refractivity contribution in [3.05, 3.63) is 76.4 Å². The van der Waals surface area contributed by atoms with E-state index in [4.69, 9.17) is 22.1 Å². The molecule has 3 aromatic carbocycles. The van der Waals surface area contributed by atoms with Gasteiger partial charge in [0.15, 0.2) is 6.61 Å². The lowest BCUT2D eigenvalue weighted by Crippen LogP contribution is -2.16. The van der Waals surface area contributed by atoms with Crippen LogP contribution in [-0.2, 0) is 6.54 Å². The predicted molar refractivity (Wildman–Crippen MR) is 127 cm³/mol. The number of aromatic nitrogens is 1. The van der Waals surface area contributed by atoms with Gasteiger partial charge >= 0.3 is 0 Å². The standard InChI is InChI=1S/C26H23ClN2O3/c1-2-29-13-22(20-8-6-16(11-23(20)29)15-3-4-15)24(30)14-32-25-12-17-5-7-19(27)9-18(17)10-21(25)26(28)31/h5-13,15H,2-4,14H2,1H3,(H2,28,31). The van der Waals surface area contributed by atoms with E-state index in [1.807, 2.05) is 18.3 Å². The SMILES string of the molecule is CCn1cc(C(=O)COc2cc3ccc(Cl)cc3cc2C(N)=O)c2ccc(C3CC3)cc21. The molecule has 1 heterocycles. The van der Waals surface area contributed by atoms with Gasteiger partial charge in [0.2, 0.25) is 5.78 Å². The molecule has 5 nitrogen and oxygen atoms in total. The van der Waals surface area contributed by atoms with E-state index >= 15 is 0 Å². The number of fused-ring (bicyclic) bond motifs is 2. The van der Waals surface area contributed by atoms with Gasteiger partial charge in [-0.15, -0.1) is 0 Å². The quantitative estimate of drug-likeness (QED) is 0.370. The Labute approximate surface area is 190 Å². The number of aryl methyl sites for hydroxylation is 1. The highest BCUT2D eigenvalue weighted by Crippen LogP contribution is 2.41. The van der Waals surface area contributed by atoms with E-state index < -0.39 is 5.91 Å². The van der Waals surface area contributed by atoms with Gasteiger partial charge in [-0.2, -0.15) is 0 Å². The Morgan fingerprint density at radius 2 is 1.88 bits per heavy atom. The van der Waals surface area contributed by atoms with E-state index in [9.17, 15) is 9.59 Å². The van der Waals surface area contributed by atoms with Crippen molar-refractivity contribution in [2.45, 2.75) is 32.2 Å². The normalized spacial score (nSPS) is 13.6. The van der Waals surface area contributed by atoms with E-state index in [2.05, 4.69) is 23.6 Å². The number of halogens is 1. The molecule has 6 heteroatoms. The second kappa shape index (κ2) is 7.99. The fourth-order valence-corrected chi connectivity index (χ4v) is 4.42. The fourth-order valence-electron chi connectivity index (χ4n) is 4.24. The Bertz CT molecular complexity index is 1390. The van der Waals surface area contributed by atoms with Crippen molar-refractivity contribution in [3.63, 3.8) is 0 Å². The Hall–Kier alpha value is -3.31. The number of nitrogens with two attached hydrogens (primary N) is 1. The Morgan fingerprint density at radius 1 is 1.06 bits per heavy atom. The molecular formula is C26H23ClN2O3. The molecule has 0 radical (unpaired) electrons. The molecule has 0 bridgehead atoms. The molecule has 1 amide bonds. The van der Waals surface area contributed by atoms with Gasteiger partial charge in [0.05, 0.1) is 5.56 Å². The van der Waals surface area contributed by atoms with Crippen molar-refractivity contribution in [3.8, 4) is 5.75 Å². The molecule has 1 fully saturated rings. The maximum Gasteiger partial charge on any atom is 0.252 e. The maximum atomic E-state index is 13.1. The van der Waals surface area contributed by atoms with Gasteiger partial charge in [-0.05, 0) is 72.4 Å². The first-order valence-corrected chi connectivity index (χ1v) is 11.1. The van der Waals surface area contributed by atoms with Crippen molar-refractivity contribution in [1.82, 2.24) is 4.57 Å². The summed E-state index contributed by atoms with van der Waals surface area (Å²) in [5.74, 6) is 0.172. The Balaban J connectivity index is 1.45. The number of ether oxygens (including phenoxy) is 1. The molecule has 32 heavy (non-hydrogen) atoms. The average Bonchev–Trinajstić information content (AvgIpc) is 3.57. The number of amides is 1. The number of carbonyl (C=O) groups is 2. The minimum Gasteiger partial charge on any atom is -0.485 e. The van der Waals surface area contributed by atoms with E-state index in [0.717, 1.165) is 28.2 Å². The van der Waals surface area contributed by atoms with Crippen LogP contribution in [0.4, 0.5) is 0 Å². The lowest BCUT2D eigenvalue weighted by Gasteiger charge is -2.11. The van der Waals surface area contributed by atoms with E-state index in [0.29, 0.717) is 16.5 Å². The van der Waals surface area contributed by atoms with E-state index in [-0.39, 0.29) is 23.7 Å². The van der Waals surface area contributed by atoms with Crippen LogP contribution in [0.5, 0.6) is 5.75 Å². The number of hydrogen-bond donors (Lipinski definition) is 1. The van der Waals surface area contributed by atoms with Crippen LogP contribution in [0.15, 0.2) is 54.7 Å². The number of ketones is 1. The third-order valence-corrected chi connectivity index (χ3v) is 6.36. The minimum absolute atomic E-state index is 0.145. The smallest absolute Gasteiger partial charge is 0.252 e. The van der Waals surface area contributed by atoms with Crippen LogP contribution < -0.4 is 10.5 Å². The molecule has 1 saturated carbocycles. The fraction of sp³-hybridized carbons (Fsp3) is 0.231. The first-order chi connectivity index (χ1) is 15.4. The first kappa shape index (κ1) is 20.6. The van der Waals surface area contributed by atoms with Crippen LogP contribution in [0.25, 0.3) is 21.7 Å². The second-order valence-corrected chi connectivity index (χ2v) is 8.73. The highest BCUT2D eigenvalue weighted by Gasteiger charge is 2.25. The van der Waals surface area contributed by atoms with Gasteiger partial charge < -0.3 is 15.0 Å². The van der Waals surface area contributed by atoms with Gasteiger partial charge in [-0.25, -0.2) is 0 Å². The summed E-state index contributed by atoms with van der Waals surface area (Å²) in [7, 11) is 0. The summed E-state index contributed by atoms with van der Waals surface area (Å²) < 4.78 is 7.92. The molecule has 4 aromatic rings.